The Kier molecular flexibility index (Phi) is 5.33. The highest BCUT2D eigenvalue weighted by Crippen LogP contribution is 2.35. The van der Waals surface area contributed by atoms with Gasteiger partial charge in [-0.15, -0.1) is 0 Å². The van der Waals surface area contributed by atoms with E-state index in [0.717, 1.165) is 25.1 Å². The van der Waals surface area contributed by atoms with Crippen LogP contribution in [0.15, 0.2) is 36.5 Å². The Balaban J connectivity index is 1.78. The zero-order valence-electron chi connectivity index (χ0n) is 16.0. The van der Waals surface area contributed by atoms with E-state index in [1.54, 1.807) is 24.3 Å². The first-order chi connectivity index (χ1) is 14.4. The molecule has 0 aliphatic carbocycles. The molecule has 0 N–H and O–H groups in total. The third kappa shape index (κ3) is 3.82. The fourth-order valence-electron chi connectivity index (χ4n) is 3.33. The highest BCUT2D eigenvalue weighted by Gasteiger charge is 2.36. The Bertz CT molecular complexity index is 1070. The lowest BCUT2D eigenvalue weighted by Crippen LogP contribution is -2.18. The van der Waals surface area contributed by atoms with Crippen molar-refractivity contribution < 1.29 is 32.2 Å². The molecular weight excluding hydrogens is 403 g/mol. The molecule has 30 heavy (non-hydrogen) atoms. The minimum atomic E-state index is -4.72. The number of ether oxygens (including phenoxy) is 3. The number of carbonyl (C=O) groups excluding carboxylic acids is 1. The molecule has 0 saturated carbocycles. The van der Waals surface area contributed by atoms with E-state index in [2.05, 4.69) is 10.1 Å². The number of nitrogens with zero attached hydrogens (tertiary/aromatic N) is 3. The first kappa shape index (κ1) is 20.1. The maximum Gasteiger partial charge on any atom is 0.433 e. The molecule has 0 radical (unpaired) electrons. The number of carbonyl (C=O) groups is 1. The van der Waals surface area contributed by atoms with Crippen molar-refractivity contribution in [2.75, 3.05) is 20.3 Å². The highest BCUT2D eigenvalue weighted by atomic mass is 19.4. The van der Waals surface area contributed by atoms with Crippen LogP contribution in [0.3, 0.4) is 0 Å². The van der Waals surface area contributed by atoms with E-state index in [-0.39, 0.29) is 29.6 Å². The molecule has 0 amide bonds. The molecule has 1 atom stereocenters. The molecule has 3 heterocycles. The number of rotatable bonds is 5. The van der Waals surface area contributed by atoms with Crippen LogP contribution < -0.4 is 4.74 Å². The van der Waals surface area contributed by atoms with Crippen molar-refractivity contribution in [1.29, 1.82) is 0 Å². The zero-order valence-corrected chi connectivity index (χ0v) is 16.0. The van der Waals surface area contributed by atoms with Crippen molar-refractivity contribution >= 4 is 11.6 Å². The smallest absolute Gasteiger partial charge is 0.433 e. The minimum Gasteiger partial charge on any atom is -0.496 e. The molecule has 1 aliphatic heterocycles. The number of alkyl halides is 3. The Morgan fingerprint density at radius 1 is 1.33 bits per heavy atom. The van der Waals surface area contributed by atoms with Crippen molar-refractivity contribution in [3.8, 4) is 17.0 Å². The molecule has 1 fully saturated rings. The molecule has 4 rings (SSSR count). The highest BCUT2D eigenvalue weighted by molar-refractivity contribution is 5.96. The van der Waals surface area contributed by atoms with Gasteiger partial charge in [0.15, 0.2) is 11.3 Å². The van der Waals surface area contributed by atoms with E-state index in [1.165, 1.54) is 7.11 Å². The van der Waals surface area contributed by atoms with Crippen LogP contribution in [0.2, 0.25) is 0 Å². The van der Waals surface area contributed by atoms with Crippen LogP contribution in [0, 0.1) is 0 Å². The van der Waals surface area contributed by atoms with Crippen LogP contribution in [0.5, 0.6) is 5.75 Å². The monoisotopic (exact) mass is 421 g/mol. The molecule has 2 aromatic heterocycles. The summed E-state index contributed by atoms with van der Waals surface area (Å²) in [6, 6.07) is 7.42. The fraction of sp³-hybridized carbons (Fsp3) is 0.350. The van der Waals surface area contributed by atoms with Crippen LogP contribution in [0.4, 0.5) is 13.2 Å². The normalized spacial score (nSPS) is 16.7. The van der Waals surface area contributed by atoms with Crippen LogP contribution in [0.25, 0.3) is 16.9 Å². The van der Waals surface area contributed by atoms with Gasteiger partial charge in [0.1, 0.15) is 17.9 Å². The second kappa shape index (κ2) is 7.94. The number of esters is 1. The number of methoxy groups -OCH3 is 1. The van der Waals surface area contributed by atoms with E-state index >= 15 is 0 Å². The number of benzene rings is 1. The molecule has 1 aromatic carbocycles. The Labute approximate surface area is 169 Å². The number of aromatic nitrogens is 3. The van der Waals surface area contributed by atoms with Crippen LogP contribution >= 0.6 is 0 Å². The maximum absolute atomic E-state index is 13.7. The van der Waals surface area contributed by atoms with E-state index < -0.39 is 17.8 Å². The molecule has 0 spiro atoms. The van der Waals surface area contributed by atoms with Gasteiger partial charge in [0.05, 0.1) is 25.1 Å². The van der Waals surface area contributed by atoms with Gasteiger partial charge in [-0.25, -0.2) is 14.3 Å². The number of hydrogen-bond acceptors (Lipinski definition) is 6. The van der Waals surface area contributed by atoms with Gasteiger partial charge in [0.25, 0.3) is 0 Å². The molecule has 0 bridgehead atoms. The number of para-hydroxylation sites is 1. The largest absolute Gasteiger partial charge is 0.496 e. The second-order valence-electron chi connectivity index (χ2n) is 6.75. The molecule has 1 saturated heterocycles. The summed E-state index contributed by atoms with van der Waals surface area (Å²) in [5, 5.41) is 3.73. The summed E-state index contributed by atoms with van der Waals surface area (Å²) in [5.74, 6) is -0.456. The third-order valence-corrected chi connectivity index (χ3v) is 4.79. The lowest BCUT2D eigenvalue weighted by Gasteiger charge is -2.13. The molecule has 10 heteroatoms. The number of halogens is 3. The summed E-state index contributed by atoms with van der Waals surface area (Å²) >= 11 is 0. The van der Waals surface area contributed by atoms with Crippen LogP contribution in [-0.4, -0.2) is 47.0 Å². The topological polar surface area (TPSA) is 75.0 Å². The van der Waals surface area contributed by atoms with E-state index in [0.29, 0.717) is 22.4 Å². The number of hydrogen-bond donors (Lipinski definition) is 0. The first-order valence-electron chi connectivity index (χ1n) is 9.26. The summed E-state index contributed by atoms with van der Waals surface area (Å²) in [5.41, 5.74) is -1.11. The predicted molar refractivity (Wildman–Crippen MR) is 99.2 cm³/mol. The Hall–Kier alpha value is -3.14. The van der Waals surface area contributed by atoms with E-state index in [9.17, 15) is 18.0 Å². The van der Waals surface area contributed by atoms with E-state index in [4.69, 9.17) is 14.2 Å². The molecular formula is C20H18F3N3O4. The van der Waals surface area contributed by atoms with Crippen molar-refractivity contribution in [3.63, 3.8) is 0 Å². The lowest BCUT2D eigenvalue weighted by atomic mass is 10.1. The van der Waals surface area contributed by atoms with Gasteiger partial charge >= 0.3 is 12.1 Å². The zero-order chi connectivity index (χ0) is 21.3. The summed E-state index contributed by atoms with van der Waals surface area (Å²) in [4.78, 5) is 16.8. The van der Waals surface area contributed by atoms with Gasteiger partial charge in [0.2, 0.25) is 0 Å². The quantitative estimate of drug-likeness (QED) is 0.584. The molecule has 1 unspecified atom stereocenters. The minimum absolute atomic E-state index is 0.000881. The summed E-state index contributed by atoms with van der Waals surface area (Å²) < 4.78 is 57.6. The van der Waals surface area contributed by atoms with Crippen molar-refractivity contribution in [1.82, 2.24) is 14.6 Å². The second-order valence-corrected chi connectivity index (χ2v) is 6.75. The first-order valence-corrected chi connectivity index (χ1v) is 9.26. The summed E-state index contributed by atoms with van der Waals surface area (Å²) in [6.45, 7) is 0.617. The van der Waals surface area contributed by atoms with Gasteiger partial charge < -0.3 is 14.2 Å². The summed E-state index contributed by atoms with van der Waals surface area (Å²) in [7, 11) is 1.41. The Morgan fingerprint density at radius 2 is 2.13 bits per heavy atom. The van der Waals surface area contributed by atoms with Gasteiger partial charge in [-0.05, 0) is 31.0 Å². The van der Waals surface area contributed by atoms with Crippen LogP contribution in [-0.2, 0) is 15.7 Å². The average Bonchev–Trinajstić information content (AvgIpc) is 3.40. The standard InChI is InChI=1S/C20H18F3N3O4/c1-28-16-7-3-2-6-13(16)15-9-17(20(21,22)23)26-18(25-15)14(10-24-26)19(27)30-11-12-5-4-8-29-12/h2-3,6-7,9-10,12H,4-5,8,11H2,1H3. The summed E-state index contributed by atoms with van der Waals surface area (Å²) in [6.07, 6.45) is -2.27. The molecule has 7 nitrogen and oxygen atoms in total. The maximum atomic E-state index is 13.7. The SMILES string of the molecule is COc1ccccc1-c1cc(C(F)(F)F)n2ncc(C(=O)OCC3CCCO3)c2n1. The van der Waals surface area contributed by atoms with Gasteiger partial charge in [-0.2, -0.15) is 18.3 Å². The molecule has 158 valence electrons. The fourth-order valence-corrected chi connectivity index (χ4v) is 3.33. The van der Waals surface area contributed by atoms with Gasteiger partial charge in [0, 0.05) is 12.2 Å². The van der Waals surface area contributed by atoms with E-state index in [1.807, 2.05) is 0 Å². The van der Waals surface area contributed by atoms with Crippen molar-refractivity contribution in [2.24, 2.45) is 0 Å². The molecule has 3 aromatic rings. The predicted octanol–water partition coefficient (Wildman–Crippen LogP) is 3.76. The average molecular weight is 421 g/mol. The Morgan fingerprint density at radius 3 is 2.83 bits per heavy atom. The van der Waals surface area contributed by atoms with Gasteiger partial charge in [-0.3, -0.25) is 0 Å². The lowest BCUT2D eigenvalue weighted by molar-refractivity contribution is -0.142. The third-order valence-electron chi connectivity index (χ3n) is 4.79. The number of fused-ring (bicyclic) bond motifs is 1. The van der Waals surface area contributed by atoms with Crippen LogP contribution in [0.1, 0.15) is 28.9 Å². The van der Waals surface area contributed by atoms with Crippen molar-refractivity contribution in [2.45, 2.75) is 25.1 Å². The van der Waals surface area contributed by atoms with Crippen molar-refractivity contribution in [3.05, 3.63) is 47.8 Å². The van der Waals surface area contributed by atoms with Gasteiger partial charge in [-0.1, -0.05) is 12.1 Å². The molecule has 1 aliphatic rings.